The minimum atomic E-state index is -3.22. The Bertz CT molecular complexity index is 842. The lowest BCUT2D eigenvalue weighted by Gasteiger charge is -2.16. The molecule has 2 heterocycles. The van der Waals surface area contributed by atoms with Crippen LogP contribution in [0.1, 0.15) is 29.6 Å². The zero-order chi connectivity index (χ0) is 17.3. The molecule has 1 aliphatic heterocycles. The van der Waals surface area contributed by atoms with Gasteiger partial charge < -0.3 is 9.42 Å². The van der Waals surface area contributed by atoms with Crippen LogP contribution >= 0.6 is 0 Å². The molecule has 3 rings (SSSR count). The molecule has 24 heavy (non-hydrogen) atoms. The Morgan fingerprint density at radius 1 is 1.33 bits per heavy atom. The Morgan fingerprint density at radius 2 is 2.04 bits per heavy atom. The lowest BCUT2D eigenvalue weighted by atomic mass is 10.1. The van der Waals surface area contributed by atoms with E-state index in [0.29, 0.717) is 24.8 Å². The number of sulfone groups is 1. The summed E-state index contributed by atoms with van der Waals surface area (Å²) < 4.78 is 28.1. The van der Waals surface area contributed by atoms with Crippen molar-refractivity contribution in [3.8, 4) is 0 Å². The van der Waals surface area contributed by atoms with Gasteiger partial charge in [-0.2, -0.15) is 4.98 Å². The summed E-state index contributed by atoms with van der Waals surface area (Å²) in [5, 5.41) is 3.79. The van der Waals surface area contributed by atoms with Gasteiger partial charge in [0.15, 0.2) is 15.7 Å². The van der Waals surface area contributed by atoms with Crippen molar-refractivity contribution in [2.24, 2.45) is 0 Å². The molecule has 8 heteroatoms. The van der Waals surface area contributed by atoms with Gasteiger partial charge in [0.2, 0.25) is 11.8 Å². The fraction of sp³-hybridized carbons (Fsp3) is 0.438. The molecule has 0 radical (unpaired) electrons. The number of aromatic nitrogens is 2. The van der Waals surface area contributed by atoms with Crippen LogP contribution in [0.5, 0.6) is 0 Å². The van der Waals surface area contributed by atoms with Crippen molar-refractivity contribution in [2.45, 2.75) is 30.6 Å². The van der Waals surface area contributed by atoms with Gasteiger partial charge in [-0.15, -0.1) is 0 Å². The largest absolute Gasteiger partial charge is 0.342 e. The highest BCUT2D eigenvalue weighted by Crippen LogP contribution is 2.26. The molecule has 1 fully saturated rings. The summed E-state index contributed by atoms with van der Waals surface area (Å²) in [5.74, 6) is 1.28. The number of benzene rings is 1. The van der Waals surface area contributed by atoms with Crippen molar-refractivity contribution in [1.82, 2.24) is 15.0 Å². The van der Waals surface area contributed by atoms with Crippen molar-refractivity contribution in [1.29, 1.82) is 0 Å². The van der Waals surface area contributed by atoms with E-state index in [0.717, 1.165) is 18.2 Å². The maximum absolute atomic E-state index is 12.4. The van der Waals surface area contributed by atoms with Gasteiger partial charge in [0, 0.05) is 19.3 Å². The fourth-order valence-corrected chi connectivity index (χ4v) is 3.44. The number of likely N-dealkylation sites (tertiary alicyclic amines) is 1. The molecule has 0 saturated carbocycles. The molecule has 1 aromatic heterocycles. The molecule has 1 aromatic carbocycles. The van der Waals surface area contributed by atoms with Gasteiger partial charge >= 0.3 is 0 Å². The zero-order valence-electron chi connectivity index (χ0n) is 13.6. The third kappa shape index (κ3) is 3.64. The highest BCUT2D eigenvalue weighted by Gasteiger charge is 2.30. The van der Waals surface area contributed by atoms with Crippen LogP contribution in [0.3, 0.4) is 0 Å². The van der Waals surface area contributed by atoms with Crippen LogP contribution in [0, 0.1) is 6.92 Å². The summed E-state index contributed by atoms with van der Waals surface area (Å²) in [4.78, 5) is 18.7. The lowest BCUT2D eigenvalue weighted by Crippen LogP contribution is -2.29. The van der Waals surface area contributed by atoms with E-state index in [1.54, 1.807) is 24.0 Å². The summed E-state index contributed by atoms with van der Waals surface area (Å²) in [7, 11) is -3.22. The van der Waals surface area contributed by atoms with Crippen LogP contribution in [-0.4, -0.2) is 48.7 Å². The van der Waals surface area contributed by atoms with Crippen molar-refractivity contribution in [2.75, 3.05) is 19.3 Å². The van der Waals surface area contributed by atoms with E-state index in [1.165, 1.54) is 12.1 Å². The number of carbonyl (C=O) groups excluding carboxylic acids is 1. The average Bonchev–Trinajstić information content (AvgIpc) is 3.15. The predicted octanol–water partition coefficient (Wildman–Crippen LogP) is 1.34. The van der Waals surface area contributed by atoms with Crippen LogP contribution < -0.4 is 0 Å². The maximum Gasteiger partial charge on any atom is 0.231 e. The Labute approximate surface area is 140 Å². The maximum atomic E-state index is 12.4. The van der Waals surface area contributed by atoms with Crippen LogP contribution in [0.15, 0.2) is 33.7 Å². The second kappa shape index (κ2) is 6.35. The minimum absolute atomic E-state index is 0.0147. The van der Waals surface area contributed by atoms with Gasteiger partial charge in [-0.3, -0.25) is 4.79 Å². The summed E-state index contributed by atoms with van der Waals surface area (Å²) in [6, 6.07) is 6.43. The molecule has 1 amide bonds. The van der Waals surface area contributed by atoms with Crippen molar-refractivity contribution in [3.05, 3.63) is 41.5 Å². The Morgan fingerprint density at radius 3 is 2.62 bits per heavy atom. The minimum Gasteiger partial charge on any atom is -0.342 e. The molecule has 1 atom stereocenters. The topological polar surface area (TPSA) is 93.4 Å². The first-order valence-corrected chi connectivity index (χ1v) is 9.59. The van der Waals surface area contributed by atoms with E-state index in [-0.39, 0.29) is 23.1 Å². The number of hydrogen-bond acceptors (Lipinski definition) is 6. The standard InChI is InChI=1S/C16H19N3O4S/c1-11-17-16(23-18-11)13-7-8-19(10-13)15(20)9-12-3-5-14(6-4-12)24(2,21)22/h3-6,13H,7-10H2,1-2H3/t13-/m1/s1. The summed E-state index contributed by atoms with van der Waals surface area (Å²) in [6.45, 7) is 3.00. The first-order valence-electron chi connectivity index (χ1n) is 7.70. The number of nitrogens with zero attached hydrogens (tertiary/aromatic N) is 3. The SMILES string of the molecule is Cc1noc([C@@H]2CCN(C(=O)Cc3ccc(S(C)(=O)=O)cc3)C2)n1. The summed E-state index contributed by atoms with van der Waals surface area (Å²) in [5.41, 5.74) is 0.796. The van der Waals surface area contributed by atoms with Gasteiger partial charge in [-0.05, 0) is 31.0 Å². The van der Waals surface area contributed by atoms with Crippen molar-refractivity contribution in [3.63, 3.8) is 0 Å². The lowest BCUT2D eigenvalue weighted by molar-refractivity contribution is -0.129. The molecule has 0 bridgehead atoms. The van der Waals surface area contributed by atoms with E-state index >= 15 is 0 Å². The molecule has 128 valence electrons. The second-order valence-electron chi connectivity index (χ2n) is 6.10. The van der Waals surface area contributed by atoms with Gasteiger partial charge in [-0.1, -0.05) is 17.3 Å². The summed E-state index contributed by atoms with van der Waals surface area (Å²) in [6.07, 6.45) is 2.22. The van der Waals surface area contributed by atoms with Gasteiger partial charge in [0.05, 0.1) is 17.2 Å². The van der Waals surface area contributed by atoms with Crippen LogP contribution in [0.2, 0.25) is 0 Å². The Balaban J connectivity index is 1.61. The van der Waals surface area contributed by atoms with Crippen molar-refractivity contribution >= 4 is 15.7 Å². The van der Waals surface area contributed by atoms with E-state index in [2.05, 4.69) is 10.1 Å². The quantitative estimate of drug-likeness (QED) is 0.827. The average molecular weight is 349 g/mol. The van der Waals surface area contributed by atoms with Gasteiger partial charge in [-0.25, -0.2) is 8.42 Å². The van der Waals surface area contributed by atoms with Crippen LogP contribution in [-0.2, 0) is 21.1 Å². The molecule has 0 aliphatic carbocycles. The highest BCUT2D eigenvalue weighted by molar-refractivity contribution is 7.90. The van der Waals surface area contributed by atoms with E-state index in [1.807, 2.05) is 0 Å². The Hall–Kier alpha value is -2.22. The molecular formula is C16H19N3O4S. The molecule has 2 aromatic rings. The number of rotatable bonds is 4. The van der Waals surface area contributed by atoms with E-state index in [9.17, 15) is 13.2 Å². The highest BCUT2D eigenvalue weighted by atomic mass is 32.2. The van der Waals surface area contributed by atoms with E-state index < -0.39 is 9.84 Å². The van der Waals surface area contributed by atoms with Crippen molar-refractivity contribution < 1.29 is 17.7 Å². The molecule has 7 nitrogen and oxygen atoms in total. The first kappa shape index (κ1) is 16.6. The third-order valence-electron chi connectivity index (χ3n) is 4.14. The van der Waals surface area contributed by atoms with Gasteiger partial charge in [0.25, 0.3) is 0 Å². The smallest absolute Gasteiger partial charge is 0.231 e. The van der Waals surface area contributed by atoms with Gasteiger partial charge in [0.1, 0.15) is 0 Å². The summed E-state index contributed by atoms with van der Waals surface area (Å²) >= 11 is 0. The second-order valence-corrected chi connectivity index (χ2v) is 8.11. The molecule has 1 aliphatic rings. The van der Waals surface area contributed by atoms with E-state index in [4.69, 9.17) is 4.52 Å². The van der Waals surface area contributed by atoms with Crippen LogP contribution in [0.25, 0.3) is 0 Å². The normalized spacial score (nSPS) is 18.1. The number of hydrogen-bond donors (Lipinski definition) is 0. The molecular weight excluding hydrogens is 330 g/mol. The number of aryl methyl sites for hydroxylation is 1. The molecule has 0 unspecified atom stereocenters. The third-order valence-corrected chi connectivity index (χ3v) is 5.27. The first-order chi connectivity index (χ1) is 11.3. The predicted molar refractivity (Wildman–Crippen MR) is 86.2 cm³/mol. The number of carbonyl (C=O) groups is 1. The fourth-order valence-electron chi connectivity index (χ4n) is 2.81. The number of amides is 1. The molecule has 0 spiro atoms. The molecule has 1 saturated heterocycles. The zero-order valence-corrected chi connectivity index (χ0v) is 14.4. The molecule has 0 N–H and O–H groups in total. The Kier molecular flexibility index (Phi) is 4.40. The van der Waals surface area contributed by atoms with Crippen LogP contribution in [0.4, 0.5) is 0 Å². The monoisotopic (exact) mass is 349 g/mol.